The van der Waals surface area contributed by atoms with Gasteiger partial charge in [0.05, 0.1) is 17.3 Å². The number of ketones is 2. The Kier molecular flexibility index (Phi) is 12.6. The van der Waals surface area contributed by atoms with Crippen LogP contribution in [0.1, 0.15) is 57.4 Å². The van der Waals surface area contributed by atoms with Crippen molar-refractivity contribution < 1.29 is 18.8 Å². The molecule has 1 aliphatic rings. The van der Waals surface area contributed by atoms with Crippen molar-refractivity contribution in [2.24, 2.45) is 0 Å². The predicted octanol–water partition coefficient (Wildman–Crippen LogP) is 4.37. The lowest BCUT2D eigenvalue weighted by Gasteiger charge is -2.15. The second-order valence-electron chi connectivity index (χ2n) is 9.98. The van der Waals surface area contributed by atoms with Crippen LogP contribution in [0, 0.1) is 5.82 Å². The van der Waals surface area contributed by atoms with Crippen molar-refractivity contribution in [3.8, 4) is 11.1 Å². The fourth-order valence-corrected chi connectivity index (χ4v) is 4.38. The molecule has 1 aliphatic carbocycles. The highest BCUT2D eigenvalue weighted by atomic mass is 19.1. The first-order valence-corrected chi connectivity index (χ1v) is 14.2. The van der Waals surface area contributed by atoms with E-state index in [1.165, 1.54) is 18.2 Å². The summed E-state index contributed by atoms with van der Waals surface area (Å²) in [5.41, 5.74) is 2.66. The van der Waals surface area contributed by atoms with Gasteiger partial charge < -0.3 is 21.3 Å². The van der Waals surface area contributed by atoms with Gasteiger partial charge in [0.15, 0.2) is 0 Å². The number of rotatable bonds is 17. The van der Waals surface area contributed by atoms with Crippen molar-refractivity contribution in [1.29, 1.82) is 0 Å². The molecule has 214 valence electrons. The van der Waals surface area contributed by atoms with Gasteiger partial charge in [-0.3, -0.25) is 14.4 Å². The van der Waals surface area contributed by atoms with Crippen LogP contribution in [0.2, 0.25) is 0 Å². The molecule has 0 saturated carbocycles. The third kappa shape index (κ3) is 9.45. The second-order valence-corrected chi connectivity index (χ2v) is 9.98. The number of amides is 1. The second kappa shape index (κ2) is 16.4. The topological polar surface area (TPSA) is 99.3 Å². The number of allylic oxidation sites excluding steroid dienone is 2. The molecule has 2 aromatic carbocycles. The molecule has 0 spiro atoms. The van der Waals surface area contributed by atoms with Gasteiger partial charge in [-0.05, 0) is 56.5 Å². The zero-order valence-corrected chi connectivity index (χ0v) is 23.5. The maximum atomic E-state index is 14.7. The van der Waals surface area contributed by atoms with Crippen LogP contribution >= 0.6 is 0 Å². The summed E-state index contributed by atoms with van der Waals surface area (Å²) >= 11 is 0. The number of halogens is 1. The molecule has 0 heterocycles. The fraction of sp³-hybridized carbons (Fsp3) is 0.406. The van der Waals surface area contributed by atoms with Gasteiger partial charge in [0, 0.05) is 37.3 Å². The number of nitrogens with one attached hydrogen (secondary N) is 4. The summed E-state index contributed by atoms with van der Waals surface area (Å²) in [4.78, 5) is 37.1. The van der Waals surface area contributed by atoms with Crippen LogP contribution in [0.15, 0.2) is 72.1 Å². The molecule has 0 saturated heterocycles. The third-order valence-electron chi connectivity index (χ3n) is 6.82. The average Bonchev–Trinajstić information content (AvgIpc) is 2.96. The Balaban J connectivity index is 1.27. The highest BCUT2D eigenvalue weighted by Gasteiger charge is 2.20. The van der Waals surface area contributed by atoms with Crippen molar-refractivity contribution in [2.75, 3.05) is 32.7 Å². The number of benzene rings is 2. The summed E-state index contributed by atoms with van der Waals surface area (Å²) in [5.74, 6) is -1.30. The molecule has 1 atom stereocenters. The summed E-state index contributed by atoms with van der Waals surface area (Å²) in [6.45, 7) is 7.13. The maximum Gasteiger partial charge on any atom is 0.227 e. The molecule has 8 heteroatoms. The van der Waals surface area contributed by atoms with Crippen molar-refractivity contribution in [3.05, 3.63) is 83.5 Å². The Morgan fingerprint density at radius 1 is 0.800 bits per heavy atom. The van der Waals surface area contributed by atoms with Crippen LogP contribution in [0.4, 0.5) is 4.39 Å². The molecule has 0 aromatic heterocycles. The van der Waals surface area contributed by atoms with Crippen molar-refractivity contribution >= 4 is 17.5 Å². The van der Waals surface area contributed by atoms with E-state index in [0.29, 0.717) is 42.2 Å². The van der Waals surface area contributed by atoms with Crippen molar-refractivity contribution in [3.63, 3.8) is 0 Å². The molecule has 1 amide bonds. The van der Waals surface area contributed by atoms with Gasteiger partial charge in [-0.1, -0.05) is 62.2 Å². The van der Waals surface area contributed by atoms with Gasteiger partial charge >= 0.3 is 0 Å². The molecule has 0 radical (unpaired) electrons. The monoisotopic (exact) mass is 548 g/mol. The summed E-state index contributed by atoms with van der Waals surface area (Å²) in [5, 5.41) is 12.3. The third-order valence-corrected chi connectivity index (χ3v) is 6.82. The molecule has 4 N–H and O–H groups in total. The average molecular weight is 549 g/mol. The number of carbonyl (C=O) groups is 3. The Morgan fingerprint density at radius 2 is 1.43 bits per heavy atom. The number of hydrogen-bond acceptors (Lipinski definition) is 6. The van der Waals surface area contributed by atoms with E-state index in [1.54, 1.807) is 19.1 Å². The normalized spacial score (nSPS) is 13.9. The van der Waals surface area contributed by atoms with Gasteiger partial charge in [0.25, 0.3) is 0 Å². The van der Waals surface area contributed by atoms with E-state index in [2.05, 4.69) is 28.2 Å². The van der Waals surface area contributed by atoms with Gasteiger partial charge in [0.2, 0.25) is 17.5 Å². The molecule has 2 aromatic rings. The smallest absolute Gasteiger partial charge is 0.227 e. The van der Waals surface area contributed by atoms with Crippen molar-refractivity contribution in [1.82, 2.24) is 21.3 Å². The lowest BCUT2D eigenvalue weighted by atomic mass is 9.96. The van der Waals surface area contributed by atoms with Crippen LogP contribution in [-0.4, -0.2) is 50.2 Å². The Labute approximate surface area is 236 Å². The summed E-state index contributed by atoms with van der Waals surface area (Å²) in [6.07, 6.45) is 7.42. The summed E-state index contributed by atoms with van der Waals surface area (Å²) in [7, 11) is 0. The number of carbonyl (C=O) groups excluding carboxylic acids is 3. The minimum atomic E-state index is -0.454. The van der Waals surface area contributed by atoms with E-state index >= 15 is 0 Å². The number of unbranched alkanes of at least 4 members (excludes halogenated alkanes) is 2. The minimum absolute atomic E-state index is 0.135. The predicted molar refractivity (Wildman–Crippen MR) is 157 cm³/mol. The van der Waals surface area contributed by atoms with E-state index in [1.807, 2.05) is 30.3 Å². The van der Waals surface area contributed by atoms with Gasteiger partial charge in [0.1, 0.15) is 5.82 Å². The molecule has 0 aliphatic heterocycles. The molecule has 40 heavy (non-hydrogen) atoms. The number of hydrogen-bond donors (Lipinski definition) is 4. The molecule has 0 fully saturated rings. The molecule has 3 rings (SSSR count). The van der Waals surface area contributed by atoms with E-state index in [-0.39, 0.29) is 23.3 Å². The SMILES string of the molecule is CCCCCNC1=CC(=O)C(NCCCNCCCNC(=O)[C@H](C)c2ccc(-c3ccccc3)c(F)c2)=CC1=O. The van der Waals surface area contributed by atoms with E-state index in [0.717, 1.165) is 50.8 Å². The van der Waals surface area contributed by atoms with E-state index in [4.69, 9.17) is 0 Å². The van der Waals surface area contributed by atoms with Gasteiger partial charge in [-0.15, -0.1) is 0 Å². The van der Waals surface area contributed by atoms with Crippen LogP contribution in [-0.2, 0) is 14.4 Å². The highest BCUT2D eigenvalue weighted by Crippen LogP contribution is 2.26. The van der Waals surface area contributed by atoms with Gasteiger partial charge in [-0.25, -0.2) is 4.39 Å². The quantitative estimate of drug-likeness (QED) is 0.173. The fourth-order valence-electron chi connectivity index (χ4n) is 4.38. The molecular formula is C32H41FN4O3. The van der Waals surface area contributed by atoms with Crippen LogP contribution in [0.3, 0.4) is 0 Å². The largest absolute Gasteiger partial charge is 0.382 e. The van der Waals surface area contributed by atoms with E-state index < -0.39 is 5.92 Å². The molecule has 0 unspecified atom stereocenters. The summed E-state index contributed by atoms with van der Waals surface area (Å²) < 4.78 is 14.7. The van der Waals surface area contributed by atoms with Crippen LogP contribution in [0.25, 0.3) is 11.1 Å². The highest BCUT2D eigenvalue weighted by molar-refractivity contribution is 6.19. The molecule has 7 nitrogen and oxygen atoms in total. The first-order chi connectivity index (χ1) is 19.4. The minimum Gasteiger partial charge on any atom is -0.382 e. The van der Waals surface area contributed by atoms with Crippen molar-refractivity contribution in [2.45, 2.75) is 51.9 Å². The lowest BCUT2D eigenvalue weighted by molar-refractivity contribution is -0.122. The standard InChI is InChI=1S/C32H41FN4O3/c1-3-4-8-17-35-28-21-31(39)29(22-30(28)38)36-18-9-15-34-16-10-19-37-32(40)23(2)25-13-14-26(27(33)20-25)24-11-6-5-7-12-24/h5-7,11-14,20-23,34-36H,3-4,8-10,15-19H2,1-2H3,(H,37,40)/t23-/m1/s1. The van der Waals surface area contributed by atoms with Gasteiger partial charge in [-0.2, -0.15) is 0 Å². The molecule has 0 bridgehead atoms. The maximum absolute atomic E-state index is 14.7. The Bertz CT molecular complexity index is 1210. The Hall–Kier alpha value is -3.78. The lowest BCUT2D eigenvalue weighted by Crippen LogP contribution is -2.32. The summed E-state index contributed by atoms with van der Waals surface area (Å²) in [6, 6.07) is 14.3. The van der Waals surface area contributed by atoms with Crippen LogP contribution in [0.5, 0.6) is 0 Å². The Morgan fingerprint density at radius 3 is 2.05 bits per heavy atom. The first-order valence-electron chi connectivity index (χ1n) is 14.2. The zero-order chi connectivity index (χ0) is 28.7. The van der Waals surface area contributed by atoms with E-state index in [9.17, 15) is 18.8 Å². The zero-order valence-electron chi connectivity index (χ0n) is 23.5. The first kappa shape index (κ1) is 30.8. The molecular weight excluding hydrogens is 507 g/mol. The van der Waals surface area contributed by atoms with Crippen LogP contribution < -0.4 is 21.3 Å².